The SMILES string of the molecule is CN1CCC2(CC=CC(=O)N2c2ccc(F)c(F)c2)CC1. The zero-order valence-corrected chi connectivity index (χ0v) is 12.0. The zero-order chi connectivity index (χ0) is 15.0. The summed E-state index contributed by atoms with van der Waals surface area (Å²) in [6, 6.07) is 3.68. The number of halogens is 2. The van der Waals surface area contributed by atoms with Gasteiger partial charge < -0.3 is 9.80 Å². The number of benzene rings is 1. The molecule has 1 amide bonds. The Labute approximate surface area is 122 Å². The fourth-order valence-corrected chi connectivity index (χ4v) is 3.27. The summed E-state index contributed by atoms with van der Waals surface area (Å²) >= 11 is 0. The van der Waals surface area contributed by atoms with Crippen molar-refractivity contribution in [2.24, 2.45) is 0 Å². The first-order valence-electron chi connectivity index (χ1n) is 7.16. The standard InChI is InChI=1S/C16H18F2N2O/c1-19-9-7-16(8-10-19)6-2-3-15(21)20(16)12-4-5-13(17)14(18)11-12/h2-5,11H,6-10H2,1H3. The van der Waals surface area contributed by atoms with Gasteiger partial charge in [-0.25, -0.2) is 8.78 Å². The number of amides is 1. The molecule has 5 heteroatoms. The van der Waals surface area contributed by atoms with Crippen LogP contribution in [0.3, 0.4) is 0 Å². The number of piperidine rings is 1. The maximum Gasteiger partial charge on any atom is 0.251 e. The van der Waals surface area contributed by atoms with Gasteiger partial charge in [0.15, 0.2) is 11.6 Å². The van der Waals surface area contributed by atoms with Crippen molar-refractivity contribution in [3.05, 3.63) is 42.0 Å². The number of carbonyl (C=O) groups is 1. The number of rotatable bonds is 1. The highest BCUT2D eigenvalue weighted by Crippen LogP contribution is 2.38. The highest BCUT2D eigenvalue weighted by atomic mass is 19.2. The second-order valence-electron chi connectivity index (χ2n) is 5.91. The smallest absolute Gasteiger partial charge is 0.251 e. The number of carbonyl (C=O) groups excluding carboxylic acids is 1. The Bertz CT molecular complexity index is 592. The highest BCUT2D eigenvalue weighted by Gasteiger charge is 2.43. The Morgan fingerprint density at radius 1 is 1.14 bits per heavy atom. The normalized spacial score (nSPS) is 22.0. The summed E-state index contributed by atoms with van der Waals surface area (Å²) in [6.45, 7) is 1.78. The fraction of sp³-hybridized carbons (Fsp3) is 0.438. The van der Waals surface area contributed by atoms with Gasteiger partial charge in [0.1, 0.15) is 0 Å². The van der Waals surface area contributed by atoms with Crippen molar-refractivity contribution in [1.29, 1.82) is 0 Å². The maximum absolute atomic E-state index is 13.5. The molecule has 0 aliphatic carbocycles. The van der Waals surface area contributed by atoms with E-state index in [2.05, 4.69) is 11.9 Å². The van der Waals surface area contributed by atoms with Crippen molar-refractivity contribution in [3.8, 4) is 0 Å². The van der Waals surface area contributed by atoms with Crippen molar-refractivity contribution in [2.75, 3.05) is 25.0 Å². The van der Waals surface area contributed by atoms with Crippen LogP contribution in [0.2, 0.25) is 0 Å². The van der Waals surface area contributed by atoms with E-state index in [1.807, 2.05) is 6.08 Å². The predicted molar refractivity (Wildman–Crippen MR) is 77.1 cm³/mol. The van der Waals surface area contributed by atoms with Crippen LogP contribution in [0.15, 0.2) is 30.4 Å². The summed E-state index contributed by atoms with van der Waals surface area (Å²) in [5, 5.41) is 0. The van der Waals surface area contributed by atoms with Crippen molar-refractivity contribution in [3.63, 3.8) is 0 Å². The molecular formula is C16H18F2N2O. The van der Waals surface area contributed by atoms with Crippen LogP contribution in [0.5, 0.6) is 0 Å². The van der Waals surface area contributed by atoms with E-state index in [0.717, 1.165) is 44.5 Å². The third kappa shape index (κ3) is 2.46. The van der Waals surface area contributed by atoms with Crippen LogP contribution in [-0.4, -0.2) is 36.5 Å². The van der Waals surface area contributed by atoms with Crippen LogP contribution in [0.1, 0.15) is 19.3 Å². The molecule has 1 aromatic rings. The molecule has 1 saturated heterocycles. The first-order valence-corrected chi connectivity index (χ1v) is 7.16. The Balaban J connectivity index is 2.01. The summed E-state index contributed by atoms with van der Waals surface area (Å²) in [5.74, 6) is -1.97. The largest absolute Gasteiger partial charge is 0.306 e. The lowest BCUT2D eigenvalue weighted by Crippen LogP contribution is -2.58. The van der Waals surface area contributed by atoms with Crippen LogP contribution in [0, 0.1) is 11.6 Å². The number of nitrogens with zero attached hydrogens (tertiary/aromatic N) is 2. The van der Waals surface area contributed by atoms with Gasteiger partial charge in [-0.3, -0.25) is 4.79 Å². The third-order valence-electron chi connectivity index (χ3n) is 4.53. The average Bonchev–Trinajstić information content (AvgIpc) is 2.46. The molecule has 1 aromatic carbocycles. The number of anilines is 1. The Morgan fingerprint density at radius 3 is 2.52 bits per heavy atom. The molecule has 0 radical (unpaired) electrons. The van der Waals surface area contributed by atoms with Gasteiger partial charge in [0, 0.05) is 24.8 Å². The Hall–Kier alpha value is -1.75. The molecule has 2 aliphatic rings. The van der Waals surface area contributed by atoms with Crippen LogP contribution in [-0.2, 0) is 4.79 Å². The molecule has 0 unspecified atom stereocenters. The summed E-state index contributed by atoms with van der Waals surface area (Å²) in [6.07, 6.45) is 5.83. The van der Waals surface area contributed by atoms with E-state index < -0.39 is 11.6 Å². The minimum atomic E-state index is -0.919. The first kappa shape index (κ1) is 14.2. The Morgan fingerprint density at radius 2 is 1.86 bits per heavy atom. The van der Waals surface area contributed by atoms with E-state index in [1.54, 1.807) is 4.90 Å². The molecule has 112 valence electrons. The third-order valence-corrected chi connectivity index (χ3v) is 4.53. The number of hydrogen-bond acceptors (Lipinski definition) is 2. The van der Waals surface area contributed by atoms with Crippen molar-refractivity contribution in [1.82, 2.24) is 4.90 Å². The van der Waals surface area contributed by atoms with Crippen LogP contribution < -0.4 is 4.90 Å². The maximum atomic E-state index is 13.5. The number of hydrogen-bond donors (Lipinski definition) is 0. The quantitative estimate of drug-likeness (QED) is 0.794. The lowest BCUT2D eigenvalue weighted by atomic mass is 9.80. The highest BCUT2D eigenvalue weighted by molar-refractivity contribution is 6.03. The summed E-state index contributed by atoms with van der Waals surface area (Å²) < 4.78 is 26.7. The average molecular weight is 292 g/mol. The first-order chi connectivity index (χ1) is 10.0. The lowest BCUT2D eigenvalue weighted by Gasteiger charge is -2.49. The van der Waals surface area contributed by atoms with E-state index in [4.69, 9.17) is 0 Å². The molecule has 0 atom stereocenters. The van der Waals surface area contributed by atoms with Gasteiger partial charge in [-0.2, -0.15) is 0 Å². The molecule has 2 aliphatic heterocycles. The monoisotopic (exact) mass is 292 g/mol. The number of likely N-dealkylation sites (tertiary alicyclic amines) is 1. The second-order valence-corrected chi connectivity index (χ2v) is 5.91. The van der Waals surface area contributed by atoms with Gasteiger partial charge in [0.05, 0.1) is 5.54 Å². The lowest BCUT2D eigenvalue weighted by molar-refractivity contribution is -0.116. The molecule has 21 heavy (non-hydrogen) atoms. The molecule has 3 nitrogen and oxygen atoms in total. The predicted octanol–water partition coefficient (Wildman–Crippen LogP) is 2.72. The molecule has 2 heterocycles. The second kappa shape index (κ2) is 5.22. The zero-order valence-electron chi connectivity index (χ0n) is 12.0. The molecular weight excluding hydrogens is 274 g/mol. The van der Waals surface area contributed by atoms with Crippen LogP contribution in [0.4, 0.5) is 14.5 Å². The molecule has 1 spiro atoms. The summed E-state index contributed by atoms with van der Waals surface area (Å²) in [7, 11) is 2.05. The molecule has 0 bridgehead atoms. The van der Waals surface area contributed by atoms with E-state index in [0.29, 0.717) is 5.69 Å². The van der Waals surface area contributed by atoms with Crippen molar-refractivity contribution in [2.45, 2.75) is 24.8 Å². The molecule has 0 N–H and O–H groups in total. The van der Waals surface area contributed by atoms with E-state index >= 15 is 0 Å². The summed E-state index contributed by atoms with van der Waals surface area (Å²) in [5.41, 5.74) is 0.121. The van der Waals surface area contributed by atoms with E-state index in [1.165, 1.54) is 12.1 Å². The molecule has 1 fully saturated rings. The van der Waals surface area contributed by atoms with Gasteiger partial charge in [-0.05, 0) is 44.5 Å². The fourth-order valence-electron chi connectivity index (χ4n) is 3.27. The molecule has 3 rings (SSSR count). The minimum absolute atomic E-state index is 0.156. The van der Waals surface area contributed by atoms with Gasteiger partial charge in [-0.1, -0.05) is 6.08 Å². The summed E-state index contributed by atoms with van der Waals surface area (Å²) in [4.78, 5) is 16.2. The molecule has 0 saturated carbocycles. The van der Waals surface area contributed by atoms with Gasteiger partial charge in [0.2, 0.25) is 0 Å². The van der Waals surface area contributed by atoms with E-state index in [-0.39, 0.29) is 11.4 Å². The van der Waals surface area contributed by atoms with Gasteiger partial charge in [-0.15, -0.1) is 0 Å². The van der Waals surface area contributed by atoms with Crippen molar-refractivity contribution >= 4 is 11.6 Å². The molecule has 0 aromatic heterocycles. The minimum Gasteiger partial charge on any atom is -0.306 e. The van der Waals surface area contributed by atoms with Crippen molar-refractivity contribution < 1.29 is 13.6 Å². The van der Waals surface area contributed by atoms with Gasteiger partial charge in [0.25, 0.3) is 5.91 Å². The van der Waals surface area contributed by atoms with Crippen LogP contribution in [0.25, 0.3) is 0 Å². The topological polar surface area (TPSA) is 23.6 Å². The van der Waals surface area contributed by atoms with Gasteiger partial charge >= 0.3 is 0 Å². The van der Waals surface area contributed by atoms with Crippen LogP contribution >= 0.6 is 0 Å². The Kier molecular flexibility index (Phi) is 3.53. The van der Waals surface area contributed by atoms with E-state index in [9.17, 15) is 13.6 Å².